The maximum atomic E-state index is 14.3. The van der Waals surface area contributed by atoms with Crippen LogP contribution in [-0.2, 0) is 21.2 Å². The van der Waals surface area contributed by atoms with E-state index in [1.165, 1.54) is 20.2 Å². The molecule has 37 heavy (non-hydrogen) atoms. The van der Waals surface area contributed by atoms with Crippen LogP contribution in [0.15, 0.2) is 29.6 Å². The van der Waals surface area contributed by atoms with Gasteiger partial charge in [0.2, 0.25) is 10.0 Å². The van der Waals surface area contributed by atoms with Gasteiger partial charge in [0, 0.05) is 35.1 Å². The first-order valence-corrected chi connectivity index (χ1v) is 14.1. The highest BCUT2D eigenvalue weighted by molar-refractivity contribution is 7.89. The molecule has 11 heteroatoms. The minimum Gasteiger partial charge on any atom is -0.461 e. The summed E-state index contributed by atoms with van der Waals surface area (Å²) >= 11 is 0. The van der Waals surface area contributed by atoms with Crippen molar-refractivity contribution in [2.45, 2.75) is 75.4 Å². The summed E-state index contributed by atoms with van der Waals surface area (Å²) in [6.07, 6.45) is 7.59. The lowest BCUT2D eigenvalue weighted by Gasteiger charge is -2.29. The zero-order chi connectivity index (χ0) is 26.5. The maximum absolute atomic E-state index is 14.3. The number of ether oxygens (including phenoxy) is 1. The van der Waals surface area contributed by atoms with Crippen molar-refractivity contribution in [1.82, 2.24) is 19.3 Å². The van der Waals surface area contributed by atoms with Gasteiger partial charge in [-0.05, 0) is 76.1 Å². The van der Waals surface area contributed by atoms with E-state index >= 15 is 0 Å². The molecule has 0 radical (unpaired) electrons. The fourth-order valence-electron chi connectivity index (χ4n) is 5.02. The summed E-state index contributed by atoms with van der Waals surface area (Å²) in [6.45, 7) is 4.21. The molecule has 1 aromatic carbocycles. The molecule has 2 aliphatic rings. The fourth-order valence-corrected chi connectivity index (χ4v) is 6.44. The van der Waals surface area contributed by atoms with Crippen LogP contribution in [0.4, 0.5) is 10.2 Å². The van der Waals surface area contributed by atoms with E-state index in [1.54, 1.807) is 23.8 Å². The van der Waals surface area contributed by atoms with Crippen LogP contribution in [0.1, 0.15) is 85.7 Å². The molecule has 0 saturated heterocycles. The van der Waals surface area contributed by atoms with Gasteiger partial charge in [0.15, 0.2) is 5.69 Å². The van der Waals surface area contributed by atoms with Crippen LogP contribution in [0.2, 0.25) is 0 Å². The van der Waals surface area contributed by atoms with Gasteiger partial charge in [0.05, 0.1) is 23.9 Å². The highest BCUT2D eigenvalue weighted by atomic mass is 32.2. The Balaban J connectivity index is 1.67. The number of benzene rings is 1. The van der Waals surface area contributed by atoms with Gasteiger partial charge in [-0.15, -0.1) is 0 Å². The Labute approximate surface area is 215 Å². The third kappa shape index (κ3) is 4.94. The Hall–Kier alpha value is -3.05. The topological polar surface area (TPSA) is 129 Å². The summed E-state index contributed by atoms with van der Waals surface area (Å²) in [7, 11) is -4.05. The van der Waals surface area contributed by atoms with Crippen LogP contribution in [0.3, 0.4) is 0 Å². The quantitative estimate of drug-likeness (QED) is 0.422. The second kappa shape index (κ2) is 9.36. The van der Waals surface area contributed by atoms with Crippen LogP contribution in [0.5, 0.6) is 0 Å². The lowest BCUT2D eigenvalue weighted by atomic mass is 9.84. The molecule has 1 unspecified atom stereocenters. The van der Waals surface area contributed by atoms with Crippen molar-refractivity contribution in [2.24, 2.45) is 0 Å². The van der Waals surface area contributed by atoms with Crippen molar-refractivity contribution in [1.29, 1.82) is 0 Å². The number of rotatable bonds is 8. The summed E-state index contributed by atoms with van der Waals surface area (Å²) in [4.78, 5) is 21.3. The van der Waals surface area contributed by atoms with Crippen LogP contribution >= 0.6 is 0 Å². The molecule has 3 N–H and O–H groups in total. The van der Waals surface area contributed by atoms with E-state index in [-0.39, 0.29) is 35.6 Å². The number of hydrogen-bond donors (Lipinski definition) is 2. The fraction of sp³-hybridized carbons (Fsp3) is 0.500. The van der Waals surface area contributed by atoms with Crippen LogP contribution in [0, 0.1) is 0 Å². The number of aromatic nitrogens is 3. The van der Waals surface area contributed by atoms with Crippen molar-refractivity contribution < 1.29 is 22.3 Å². The molecular weight excluding hydrogens is 497 g/mol. The molecule has 1 saturated carbocycles. The number of halogens is 1. The molecule has 198 valence electrons. The Morgan fingerprint density at radius 2 is 2.00 bits per heavy atom. The number of nitrogen functional groups attached to an aromatic ring is 1. The molecule has 0 amide bonds. The van der Waals surface area contributed by atoms with E-state index in [4.69, 9.17) is 10.5 Å². The van der Waals surface area contributed by atoms with Gasteiger partial charge in [0.25, 0.3) is 0 Å². The average molecular weight is 530 g/mol. The predicted octanol–water partition coefficient (Wildman–Crippen LogP) is 4.02. The molecule has 0 bridgehead atoms. The molecule has 5 rings (SSSR count). The number of fused-ring (bicyclic) bond motifs is 3. The van der Waals surface area contributed by atoms with Gasteiger partial charge in [-0.25, -0.2) is 27.3 Å². The SMILES string of the molecule is CCOC(=O)c1ncn(C2CCCc3c2cc(S(=O)(=O)NCC(C)(C)F)c2cc(C4CC4)ncc32)c1N. The third-order valence-electron chi connectivity index (χ3n) is 7.02. The third-order valence-corrected chi connectivity index (χ3v) is 8.46. The monoisotopic (exact) mass is 529 g/mol. The van der Waals surface area contributed by atoms with E-state index in [0.717, 1.165) is 47.9 Å². The van der Waals surface area contributed by atoms with Gasteiger partial charge in [-0.1, -0.05) is 0 Å². The van der Waals surface area contributed by atoms with E-state index in [9.17, 15) is 17.6 Å². The molecule has 0 aliphatic heterocycles. The lowest BCUT2D eigenvalue weighted by molar-refractivity contribution is 0.0521. The second-order valence-corrected chi connectivity index (χ2v) is 12.2. The molecule has 2 heterocycles. The van der Waals surface area contributed by atoms with Gasteiger partial charge in [-0.3, -0.25) is 4.98 Å². The standard InChI is InChI=1S/C26H32FN5O4S/c1-4-36-25(33)23-24(28)32(14-30-23)21-7-5-6-16-17(21)11-22(37(34,35)31-13-26(2,3)27)18-10-20(15-8-9-15)29-12-19(16)18/h10-12,14-15,21,31H,4-9,13,28H2,1-3H3. The van der Waals surface area contributed by atoms with E-state index < -0.39 is 21.7 Å². The normalized spacial score (nSPS) is 18.1. The highest BCUT2D eigenvalue weighted by Gasteiger charge is 2.33. The van der Waals surface area contributed by atoms with Gasteiger partial charge in [-0.2, -0.15) is 0 Å². The number of aryl methyl sites for hydroxylation is 1. The van der Waals surface area contributed by atoms with Crippen molar-refractivity contribution in [3.8, 4) is 0 Å². The van der Waals surface area contributed by atoms with Crippen LogP contribution in [0.25, 0.3) is 10.8 Å². The number of carbonyl (C=O) groups excluding carboxylic acids is 1. The van der Waals surface area contributed by atoms with Crippen molar-refractivity contribution in [3.05, 3.63) is 47.2 Å². The number of nitrogens with two attached hydrogens (primary N) is 1. The molecule has 1 atom stereocenters. The largest absolute Gasteiger partial charge is 0.461 e. The number of pyridine rings is 1. The number of imidazole rings is 1. The van der Waals surface area contributed by atoms with Crippen molar-refractivity contribution in [2.75, 3.05) is 18.9 Å². The maximum Gasteiger partial charge on any atom is 0.360 e. The second-order valence-electron chi connectivity index (χ2n) is 10.4. The first kappa shape index (κ1) is 25.6. The number of carbonyl (C=O) groups is 1. The highest BCUT2D eigenvalue weighted by Crippen LogP contribution is 2.44. The lowest BCUT2D eigenvalue weighted by Crippen LogP contribution is -2.35. The number of nitrogens with zero attached hydrogens (tertiary/aromatic N) is 3. The van der Waals surface area contributed by atoms with Crippen LogP contribution < -0.4 is 10.5 Å². The average Bonchev–Trinajstić information content (AvgIpc) is 3.63. The Bertz CT molecular complexity index is 1470. The number of nitrogens with one attached hydrogen (secondary N) is 1. The molecule has 2 aliphatic carbocycles. The predicted molar refractivity (Wildman–Crippen MR) is 138 cm³/mol. The zero-order valence-electron chi connectivity index (χ0n) is 21.3. The number of esters is 1. The first-order valence-electron chi connectivity index (χ1n) is 12.6. The Morgan fingerprint density at radius 3 is 2.68 bits per heavy atom. The van der Waals surface area contributed by atoms with Gasteiger partial charge >= 0.3 is 5.97 Å². The molecular formula is C26H32FN5O4S. The Morgan fingerprint density at radius 1 is 1.24 bits per heavy atom. The van der Waals surface area contributed by atoms with Crippen molar-refractivity contribution in [3.63, 3.8) is 0 Å². The van der Waals surface area contributed by atoms with E-state index in [0.29, 0.717) is 17.7 Å². The summed E-state index contributed by atoms with van der Waals surface area (Å²) in [6, 6.07) is 3.21. The molecule has 1 fully saturated rings. The van der Waals surface area contributed by atoms with E-state index in [1.807, 2.05) is 6.07 Å². The summed E-state index contributed by atoms with van der Waals surface area (Å²) in [5, 5.41) is 1.35. The first-order chi connectivity index (χ1) is 17.5. The summed E-state index contributed by atoms with van der Waals surface area (Å²) in [5.41, 5.74) is 7.30. The molecule has 9 nitrogen and oxygen atoms in total. The molecule has 2 aromatic heterocycles. The number of anilines is 1. The van der Waals surface area contributed by atoms with E-state index in [2.05, 4.69) is 14.7 Å². The van der Waals surface area contributed by atoms with Gasteiger partial charge in [0.1, 0.15) is 11.5 Å². The Kier molecular flexibility index (Phi) is 6.47. The van der Waals surface area contributed by atoms with Crippen molar-refractivity contribution >= 4 is 32.6 Å². The summed E-state index contributed by atoms with van der Waals surface area (Å²) < 4.78 is 50.6. The zero-order valence-corrected chi connectivity index (χ0v) is 22.1. The number of hydrogen-bond acceptors (Lipinski definition) is 7. The minimum absolute atomic E-state index is 0.0326. The number of alkyl halides is 1. The molecule has 3 aromatic rings. The minimum atomic E-state index is -4.05. The molecule has 0 spiro atoms. The van der Waals surface area contributed by atoms with Gasteiger partial charge < -0.3 is 15.0 Å². The van der Waals surface area contributed by atoms with Crippen LogP contribution in [-0.4, -0.2) is 47.7 Å². The summed E-state index contributed by atoms with van der Waals surface area (Å²) in [5.74, 6) is -0.0970. The smallest absolute Gasteiger partial charge is 0.360 e. The number of sulfonamides is 1.